The average molecular weight is 500 g/mol. The highest BCUT2D eigenvalue weighted by Crippen LogP contribution is 2.24. The summed E-state index contributed by atoms with van der Waals surface area (Å²) in [5.74, 6) is 4.56. The van der Waals surface area contributed by atoms with Gasteiger partial charge in [-0.3, -0.25) is 0 Å². The molecule has 0 bridgehead atoms. The van der Waals surface area contributed by atoms with E-state index in [1.54, 1.807) is 5.57 Å². The second-order valence-corrected chi connectivity index (χ2v) is 12.3. The van der Waals surface area contributed by atoms with Gasteiger partial charge in [-0.1, -0.05) is 153 Å². The molecule has 0 nitrogen and oxygen atoms in total. The molecule has 0 aliphatic heterocycles. The summed E-state index contributed by atoms with van der Waals surface area (Å²) >= 11 is 3.49. The van der Waals surface area contributed by atoms with Crippen LogP contribution < -0.4 is 0 Å². The Labute approximate surface area is 207 Å². The van der Waals surface area contributed by atoms with Gasteiger partial charge in [0.2, 0.25) is 0 Å². The monoisotopic (exact) mass is 498 g/mol. The number of halogens is 1. The molecule has 0 amide bonds. The van der Waals surface area contributed by atoms with Gasteiger partial charge in [-0.2, -0.15) is 0 Å². The van der Waals surface area contributed by atoms with Crippen molar-refractivity contribution in [3.05, 3.63) is 11.6 Å². The summed E-state index contributed by atoms with van der Waals surface area (Å²) in [6.45, 7) is 16.9. The maximum Gasteiger partial charge on any atom is 0.0214 e. The molecule has 0 rings (SSSR count). The van der Waals surface area contributed by atoms with Crippen LogP contribution in [0.4, 0.5) is 0 Å². The Bertz CT molecular complexity index is 411. The van der Waals surface area contributed by atoms with E-state index in [1.807, 2.05) is 0 Å². The number of rotatable bonds is 21. The zero-order valence-corrected chi connectivity index (χ0v) is 24.2. The van der Waals surface area contributed by atoms with E-state index < -0.39 is 0 Å². The van der Waals surface area contributed by atoms with Gasteiger partial charge in [0.15, 0.2) is 0 Å². The molecule has 0 aliphatic rings. The van der Waals surface area contributed by atoms with Gasteiger partial charge in [0.05, 0.1) is 0 Å². The first kappa shape index (κ1) is 31.2. The van der Waals surface area contributed by atoms with Crippen LogP contribution in [0.3, 0.4) is 0 Å². The lowest BCUT2D eigenvalue weighted by Crippen LogP contribution is -2.02. The first-order valence-corrected chi connectivity index (χ1v) is 15.1. The topological polar surface area (TPSA) is 0 Å². The van der Waals surface area contributed by atoms with E-state index in [2.05, 4.69) is 70.5 Å². The molecule has 1 heteroatoms. The Balaban J connectivity index is 3.62. The summed E-state index contributed by atoms with van der Waals surface area (Å²) in [7, 11) is 0. The fraction of sp³-hybridized carbons (Fsp3) is 0.933. The number of allylic oxidation sites excluding steroid dienone is 2. The van der Waals surface area contributed by atoms with Crippen molar-refractivity contribution in [2.75, 3.05) is 5.33 Å². The summed E-state index contributed by atoms with van der Waals surface area (Å²) in [5.41, 5.74) is 1.54. The van der Waals surface area contributed by atoms with Crippen LogP contribution in [-0.2, 0) is 0 Å². The summed E-state index contributed by atoms with van der Waals surface area (Å²) in [4.78, 5) is 0. The maximum atomic E-state index is 3.49. The fourth-order valence-corrected chi connectivity index (χ4v) is 5.41. The lowest BCUT2D eigenvalue weighted by atomic mass is 9.89. The van der Waals surface area contributed by atoms with E-state index in [-0.39, 0.29) is 0 Å². The van der Waals surface area contributed by atoms with Crippen LogP contribution in [0.5, 0.6) is 0 Å². The molecule has 31 heavy (non-hydrogen) atoms. The van der Waals surface area contributed by atoms with Crippen LogP contribution >= 0.6 is 15.9 Å². The molecule has 0 saturated heterocycles. The Morgan fingerprint density at radius 3 is 1.19 bits per heavy atom. The van der Waals surface area contributed by atoms with Gasteiger partial charge >= 0.3 is 0 Å². The highest BCUT2D eigenvalue weighted by Gasteiger charge is 2.09. The van der Waals surface area contributed by atoms with Crippen molar-refractivity contribution < 1.29 is 0 Å². The van der Waals surface area contributed by atoms with E-state index in [9.17, 15) is 0 Å². The quantitative estimate of drug-likeness (QED) is 0.109. The molecule has 0 radical (unpaired) electrons. The van der Waals surface area contributed by atoms with Crippen LogP contribution in [-0.4, -0.2) is 5.33 Å². The van der Waals surface area contributed by atoms with Gasteiger partial charge < -0.3 is 0 Å². The van der Waals surface area contributed by atoms with Crippen LogP contribution in [0.15, 0.2) is 11.6 Å². The molecular formula is C30H59Br. The Kier molecular flexibility index (Phi) is 20.9. The van der Waals surface area contributed by atoms with Gasteiger partial charge in [0, 0.05) is 5.33 Å². The number of hydrogen-bond acceptors (Lipinski definition) is 0. The van der Waals surface area contributed by atoms with Crippen LogP contribution in [0.1, 0.15) is 145 Å². The largest absolute Gasteiger partial charge is 0.0883 e. The van der Waals surface area contributed by atoms with Gasteiger partial charge in [-0.15, -0.1) is 0 Å². The third-order valence-electron chi connectivity index (χ3n) is 7.35. The molecule has 0 aliphatic carbocycles. The minimum atomic E-state index is 0.874. The predicted octanol–water partition coefficient (Wildman–Crippen LogP) is 11.4. The van der Waals surface area contributed by atoms with Crippen molar-refractivity contribution >= 4 is 15.9 Å². The molecule has 186 valence electrons. The lowest BCUT2D eigenvalue weighted by molar-refractivity contribution is 0.364. The minimum Gasteiger partial charge on any atom is -0.0883 e. The summed E-state index contributed by atoms with van der Waals surface area (Å²) in [6.07, 6.45) is 23.6. The number of alkyl halides is 1. The average Bonchev–Trinajstić information content (AvgIpc) is 2.68. The third-order valence-corrected chi connectivity index (χ3v) is 7.68. The maximum absolute atomic E-state index is 3.49. The third kappa shape index (κ3) is 21.8. The molecule has 0 fully saturated rings. The predicted molar refractivity (Wildman–Crippen MR) is 148 cm³/mol. The SMILES string of the molecule is C/C(=C\CBr)CCCC(C)CCCC(C)CCCC(C)CCCC(C)CCCC(C)C. The Hall–Kier alpha value is 0.220. The van der Waals surface area contributed by atoms with E-state index in [0.717, 1.165) is 34.9 Å². The minimum absolute atomic E-state index is 0.874. The molecule has 0 N–H and O–H groups in total. The first-order chi connectivity index (χ1) is 14.7. The van der Waals surface area contributed by atoms with Gasteiger partial charge in [-0.25, -0.2) is 0 Å². The molecule has 0 aromatic carbocycles. The zero-order chi connectivity index (χ0) is 23.5. The summed E-state index contributed by atoms with van der Waals surface area (Å²) in [6, 6.07) is 0. The summed E-state index contributed by atoms with van der Waals surface area (Å²) in [5, 5.41) is 1.00. The van der Waals surface area contributed by atoms with Crippen LogP contribution in [0.2, 0.25) is 0 Å². The van der Waals surface area contributed by atoms with Crippen LogP contribution in [0.25, 0.3) is 0 Å². The van der Waals surface area contributed by atoms with Crippen molar-refractivity contribution in [1.82, 2.24) is 0 Å². The fourth-order valence-electron chi connectivity index (χ4n) is 4.86. The molecule has 0 aromatic rings. The van der Waals surface area contributed by atoms with Crippen LogP contribution in [0, 0.1) is 29.6 Å². The van der Waals surface area contributed by atoms with Crippen molar-refractivity contribution in [3.8, 4) is 0 Å². The Morgan fingerprint density at radius 1 is 0.548 bits per heavy atom. The second-order valence-electron chi connectivity index (χ2n) is 11.6. The van der Waals surface area contributed by atoms with Gasteiger partial charge in [-0.05, 0) is 49.4 Å². The molecular weight excluding hydrogens is 440 g/mol. The van der Waals surface area contributed by atoms with Gasteiger partial charge in [0.25, 0.3) is 0 Å². The lowest BCUT2D eigenvalue weighted by Gasteiger charge is -2.17. The van der Waals surface area contributed by atoms with Crippen molar-refractivity contribution in [3.63, 3.8) is 0 Å². The molecule has 4 atom stereocenters. The molecule has 0 aromatic heterocycles. The zero-order valence-electron chi connectivity index (χ0n) is 22.7. The standard InChI is InChI=1S/C30H59Br/c1-25(2)13-8-14-26(3)15-9-16-27(4)17-10-18-28(5)19-11-20-29(6)21-12-22-30(7)23-24-31/h23,25-29H,8-22,24H2,1-7H3/b30-23+. The molecule has 0 heterocycles. The van der Waals surface area contributed by atoms with E-state index in [0.29, 0.717) is 0 Å². The van der Waals surface area contributed by atoms with Crippen molar-refractivity contribution in [2.45, 2.75) is 145 Å². The van der Waals surface area contributed by atoms with Gasteiger partial charge in [0.1, 0.15) is 0 Å². The summed E-state index contributed by atoms with van der Waals surface area (Å²) < 4.78 is 0. The molecule has 0 saturated carbocycles. The smallest absolute Gasteiger partial charge is 0.0214 e. The van der Waals surface area contributed by atoms with Crippen molar-refractivity contribution in [2.24, 2.45) is 29.6 Å². The normalized spacial score (nSPS) is 16.5. The molecule has 0 spiro atoms. The number of hydrogen-bond donors (Lipinski definition) is 0. The first-order valence-electron chi connectivity index (χ1n) is 14.0. The highest BCUT2D eigenvalue weighted by atomic mass is 79.9. The Morgan fingerprint density at radius 2 is 0.871 bits per heavy atom. The van der Waals surface area contributed by atoms with E-state index in [4.69, 9.17) is 0 Å². The van der Waals surface area contributed by atoms with E-state index >= 15 is 0 Å². The second kappa shape index (κ2) is 20.8. The van der Waals surface area contributed by atoms with E-state index in [1.165, 1.54) is 96.3 Å². The molecule has 4 unspecified atom stereocenters. The highest BCUT2D eigenvalue weighted by molar-refractivity contribution is 9.09. The van der Waals surface area contributed by atoms with Crippen molar-refractivity contribution in [1.29, 1.82) is 0 Å².